The van der Waals surface area contributed by atoms with E-state index in [1.54, 1.807) is 4.90 Å². The van der Waals surface area contributed by atoms with Gasteiger partial charge in [-0.1, -0.05) is 66.7 Å². The van der Waals surface area contributed by atoms with E-state index in [0.29, 0.717) is 24.3 Å². The van der Waals surface area contributed by atoms with Crippen LogP contribution in [0.25, 0.3) is 0 Å². The zero-order valence-corrected chi connectivity index (χ0v) is 18.4. The number of para-hydroxylation sites is 2. The topological polar surface area (TPSA) is 79.0 Å². The standard InChI is InChI=1S/C27H23N3O4/c31-24(16-29-25(32)27(28-26(29)33)15-14-18-8-4-5-11-20(18)27)30-21-12-6-7-13-23(21)34-17-22(30)19-9-2-1-3-10-19/h1-13,22H,14-17H2,(H,28,33)/t22-,27-/m0/s1. The van der Waals surface area contributed by atoms with Crippen molar-refractivity contribution in [1.82, 2.24) is 10.2 Å². The molecular formula is C27H23N3O4. The third kappa shape index (κ3) is 3.00. The Labute approximate surface area is 196 Å². The Balaban J connectivity index is 1.33. The molecule has 2 aliphatic heterocycles. The second-order valence-corrected chi connectivity index (χ2v) is 8.85. The Morgan fingerprint density at radius 1 is 0.971 bits per heavy atom. The van der Waals surface area contributed by atoms with Crippen LogP contribution in [0.15, 0.2) is 78.9 Å². The lowest BCUT2D eigenvalue weighted by Gasteiger charge is -2.37. The van der Waals surface area contributed by atoms with Gasteiger partial charge in [-0.2, -0.15) is 0 Å². The van der Waals surface area contributed by atoms with Gasteiger partial charge in [0.15, 0.2) is 0 Å². The summed E-state index contributed by atoms with van der Waals surface area (Å²) in [5, 5.41) is 2.90. The summed E-state index contributed by atoms with van der Waals surface area (Å²) in [5.74, 6) is -0.105. The minimum Gasteiger partial charge on any atom is -0.489 e. The lowest BCUT2D eigenvalue weighted by molar-refractivity contribution is -0.134. The highest BCUT2D eigenvalue weighted by molar-refractivity contribution is 6.11. The van der Waals surface area contributed by atoms with Gasteiger partial charge in [-0.15, -0.1) is 0 Å². The summed E-state index contributed by atoms with van der Waals surface area (Å²) in [4.78, 5) is 43.0. The van der Waals surface area contributed by atoms with Crippen molar-refractivity contribution in [3.63, 3.8) is 0 Å². The summed E-state index contributed by atoms with van der Waals surface area (Å²) in [5.41, 5.74) is 2.33. The van der Waals surface area contributed by atoms with Crippen LogP contribution in [0.5, 0.6) is 5.75 Å². The number of amides is 4. The third-order valence-electron chi connectivity index (χ3n) is 7.00. The van der Waals surface area contributed by atoms with E-state index in [9.17, 15) is 14.4 Å². The zero-order valence-electron chi connectivity index (χ0n) is 18.4. The van der Waals surface area contributed by atoms with Crippen molar-refractivity contribution in [3.05, 3.63) is 95.6 Å². The van der Waals surface area contributed by atoms with Crippen molar-refractivity contribution in [2.75, 3.05) is 18.1 Å². The maximum absolute atomic E-state index is 13.7. The number of fused-ring (bicyclic) bond motifs is 3. The number of rotatable bonds is 3. The van der Waals surface area contributed by atoms with E-state index < -0.39 is 11.6 Å². The number of carbonyl (C=O) groups excluding carboxylic acids is 3. The van der Waals surface area contributed by atoms with Gasteiger partial charge in [-0.25, -0.2) is 4.79 Å². The smallest absolute Gasteiger partial charge is 0.325 e. The lowest BCUT2D eigenvalue weighted by Crippen LogP contribution is -2.48. The van der Waals surface area contributed by atoms with Crippen molar-refractivity contribution >= 4 is 23.5 Å². The summed E-state index contributed by atoms with van der Waals surface area (Å²) in [6.45, 7) is -0.0591. The van der Waals surface area contributed by atoms with Crippen molar-refractivity contribution in [3.8, 4) is 5.75 Å². The molecule has 1 N–H and O–H groups in total. The van der Waals surface area contributed by atoms with Crippen LogP contribution in [0.4, 0.5) is 10.5 Å². The molecule has 3 aromatic carbocycles. The SMILES string of the molecule is O=C1N[C@]2(CCc3ccccc32)C(=O)N1CC(=O)N1c2ccccc2OC[C@H]1c1ccccc1. The molecule has 3 aromatic rings. The molecule has 2 atom stereocenters. The first-order valence-electron chi connectivity index (χ1n) is 11.4. The third-order valence-corrected chi connectivity index (χ3v) is 7.00. The van der Waals surface area contributed by atoms with Crippen molar-refractivity contribution in [1.29, 1.82) is 0 Å². The number of anilines is 1. The van der Waals surface area contributed by atoms with E-state index in [4.69, 9.17) is 4.74 Å². The van der Waals surface area contributed by atoms with Crippen LogP contribution in [0.3, 0.4) is 0 Å². The number of hydrogen-bond donors (Lipinski definition) is 1. The molecule has 3 aliphatic rings. The van der Waals surface area contributed by atoms with Gasteiger partial charge in [0.2, 0.25) is 5.91 Å². The highest BCUT2D eigenvalue weighted by Gasteiger charge is 2.55. The molecule has 7 nitrogen and oxygen atoms in total. The molecule has 0 radical (unpaired) electrons. The number of hydrogen-bond acceptors (Lipinski definition) is 4. The molecule has 170 valence electrons. The summed E-state index contributed by atoms with van der Waals surface area (Å²) in [7, 11) is 0. The Bertz CT molecular complexity index is 1310. The molecule has 1 aliphatic carbocycles. The minimum absolute atomic E-state index is 0.282. The van der Waals surface area contributed by atoms with Crippen molar-refractivity contribution in [2.24, 2.45) is 0 Å². The van der Waals surface area contributed by atoms with Gasteiger partial charge in [0.1, 0.15) is 24.4 Å². The average Bonchev–Trinajstić information content (AvgIpc) is 3.36. The van der Waals surface area contributed by atoms with Crippen LogP contribution in [0.1, 0.15) is 29.2 Å². The first kappa shape index (κ1) is 20.5. The Hall–Kier alpha value is -4.13. The van der Waals surface area contributed by atoms with E-state index in [0.717, 1.165) is 21.6 Å². The molecule has 0 aromatic heterocycles. The number of urea groups is 1. The summed E-state index contributed by atoms with van der Waals surface area (Å²) in [6.07, 6.45) is 1.20. The molecule has 1 saturated heterocycles. The van der Waals surface area contributed by atoms with Crippen molar-refractivity contribution in [2.45, 2.75) is 24.4 Å². The highest BCUT2D eigenvalue weighted by atomic mass is 16.5. The molecule has 1 fully saturated rings. The quantitative estimate of drug-likeness (QED) is 0.616. The number of nitrogens with zero attached hydrogens (tertiary/aromatic N) is 2. The van der Waals surface area contributed by atoms with Crippen LogP contribution in [0, 0.1) is 0 Å². The number of aryl methyl sites for hydroxylation is 1. The summed E-state index contributed by atoms with van der Waals surface area (Å²) < 4.78 is 5.94. The highest BCUT2D eigenvalue weighted by Crippen LogP contribution is 2.42. The monoisotopic (exact) mass is 453 g/mol. The number of carbonyl (C=O) groups is 3. The second-order valence-electron chi connectivity index (χ2n) is 8.85. The van der Waals surface area contributed by atoms with E-state index in [2.05, 4.69) is 5.32 Å². The average molecular weight is 453 g/mol. The first-order chi connectivity index (χ1) is 16.6. The molecule has 0 saturated carbocycles. The van der Waals surface area contributed by atoms with Gasteiger partial charge >= 0.3 is 6.03 Å². The van der Waals surface area contributed by atoms with E-state index in [-0.39, 0.29) is 31.0 Å². The zero-order chi connectivity index (χ0) is 23.3. The van der Waals surface area contributed by atoms with Gasteiger partial charge in [0.05, 0.1) is 11.7 Å². The Morgan fingerprint density at radius 2 is 1.71 bits per heavy atom. The maximum Gasteiger partial charge on any atom is 0.325 e. The van der Waals surface area contributed by atoms with Crippen LogP contribution < -0.4 is 15.0 Å². The lowest BCUT2D eigenvalue weighted by atomic mass is 9.92. The Kier molecular flexibility index (Phi) is 4.65. The molecule has 7 heteroatoms. The fraction of sp³-hybridized carbons (Fsp3) is 0.222. The van der Waals surface area contributed by atoms with Gasteiger partial charge in [0.25, 0.3) is 5.91 Å². The predicted octanol–water partition coefficient (Wildman–Crippen LogP) is 3.55. The first-order valence-corrected chi connectivity index (χ1v) is 11.4. The van der Waals surface area contributed by atoms with Gasteiger partial charge in [-0.05, 0) is 41.7 Å². The number of benzene rings is 3. The molecule has 1 spiro atoms. The fourth-order valence-corrected chi connectivity index (χ4v) is 5.36. The van der Waals surface area contributed by atoms with Crippen molar-refractivity contribution < 1.29 is 19.1 Å². The number of imide groups is 1. The fourth-order valence-electron chi connectivity index (χ4n) is 5.36. The molecule has 0 unspecified atom stereocenters. The molecular weight excluding hydrogens is 430 g/mol. The minimum atomic E-state index is -1.09. The van der Waals surface area contributed by atoms with Gasteiger partial charge < -0.3 is 10.1 Å². The van der Waals surface area contributed by atoms with Crippen LogP contribution in [0.2, 0.25) is 0 Å². The summed E-state index contributed by atoms with van der Waals surface area (Å²) >= 11 is 0. The normalized spacial score (nSPS) is 22.9. The van der Waals surface area contributed by atoms with Gasteiger partial charge in [0, 0.05) is 0 Å². The van der Waals surface area contributed by atoms with Crippen LogP contribution >= 0.6 is 0 Å². The predicted molar refractivity (Wildman–Crippen MR) is 125 cm³/mol. The molecule has 6 rings (SSSR count). The number of ether oxygens (including phenoxy) is 1. The van der Waals surface area contributed by atoms with E-state index in [1.165, 1.54) is 0 Å². The molecule has 2 heterocycles. The largest absolute Gasteiger partial charge is 0.489 e. The molecule has 4 amide bonds. The Morgan fingerprint density at radius 3 is 2.56 bits per heavy atom. The maximum atomic E-state index is 13.7. The molecule has 34 heavy (non-hydrogen) atoms. The molecule has 0 bridgehead atoms. The van der Waals surface area contributed by atoms with Gasteiger partial charge in [-0.3, -0.25) is 19.4 Å². The number of nitrogens with one attached hydrogen (secondary N) is 1. The van der Waals surface area contributed by atoms with E-state index in [1.807, 2.05) is 78.9 Å². The van der Waals surface area contributed by atoms with Crippen LogP contribution in [-0.4, -0.2) is 35.9 Å². The van der Waals surface area contributed by atoms with Crippen LogP contribution in [-0.2, 0) is 21.5 Å². The van der Waals surface area contributed by atoms with E-state index >= 15 is 0 Å². The summed E-state index contributed by atoms with van der Waals surface area (Å²) in [6, 6.07) is 23.7. The second kappa shape index (κ2) is 7.73.